The topological polar surface area (TPSA) is 84.4 Å². The zero-order chi connectivity index (χ0) is 12.3. The molecule has 1 fully saturated rings. The van der Waals surface area contributed by atoms with Crippen molar-refractivity contribution in [3.8, 4) is 0 Å². The van der Waals surface area contributed by atoms with E-state index in [2.05, 4.69) is 17.0 Å². The van der Waals surface area contributed by atoms with Crippen LogP contribution in [0.4, 0.5) is 0 Å². The van der Waals surface area contributed by atoms with Crippen molar-refractivity contribution in [2.75, 3.05) is 18.1 Å². The van der Waals surface area contributed by atoms with Crippen LogP contribution in [-0.4, -0.2) is 40.1 Å². The molecule has 0 spiro atoms. The van der Waals surface area contributed by atoms with Crippen molar-refractivity contribution in [3.05, 3.63) is 17.5 Å². The van der Waals surface area contributed by atoms with Crippen LogP contribution in [0.1, 0.15) is 23.2 Å². The second-order valence-electron chi connectivity index (χ2n) is 4.05. The second-order valence-corrected chi connectivity index (χ2v) is 5.20. The van der Waals surface area contributed by atoms with Crippen molar-refractivity contribution in [1.82, 2.24) is 15.5 Å². The molecule has 0 radical (unpaired) electrons. The molecule has 2 rings (SSSR count). The van der Waals surface area contributed by atoms with Gasteiger partial charge in [0.15, 0.2) is 11.5 Å². The molecule has 1 aromatic heterocycles. The first kappa shape index (κ1) is 12.4. The highest BCUT2D eigenvalue weighted by molar-refractivity contribution is 7.99. The fraction of sp³-hybridized carbons (Fsp3) is 0.600. The molecule has 1 saturated heterocycles. The predicted molar refractivity (Wildman–Crippen MR) is 65.4 cm³/mol. The predicted octanol–water partition coefficient (Wildman–Crippen LogP) is 0.215. The van der Waals surface area contributed by atoms with Crippen molar-refractivity contribution in [1.29, 1.82) is 0 Å². The number of rotatable bonds is 3. The summed E-state index contributed by atoms with van der Waals surface area (Å²) in [5.41, 5.74) is 2.25. The molecule has 1 atom stereocenters. The van der Waals surface area contributed by atoms with Gasteiger partial charge in [-0.05, 0) is 6.92 Å². The Morgan fingerprint density at radius 2 is 2.65 bits per heavy atom. The Bertz CT molecular complexity index is 395. The van der Waals surface area contributed by atoms with Gasteiger partial charge in [-0.1, -0.05) is 5.16 Å². The summed E-state index contributed by atoms with van der Waals surface area (Å²) < 4.78 is 5.12. The molecule has 2 heterocycles. The van der Waals surface area contributed by atoms with Crippen molar-refractivity contribution >= 4 is 17.7 Å². The Kier molecular flexibility index (Phi) is 4.03. The lowest BCUT2D eigenvalue weighted by Gasteiger charge is -2.31. The van der Waals surface area contributed by atoms with Gasteiger partial charge in [0.05, 0.1) is 6.54 Å². The fourth-order valence-electron chi connectivity index (χ4n) is 1.76. The van der Waals surface area contributed by atoms with E-state index in [4.69, 9.17) is 10.4 Å². The molecule has 0 aromatic carbocycles. The number of hydrazine groups is 1. The van der Waals surface area contributed by atoms with Crippen molar-refractivity contribution in [3.63, 3.8) is 0 Å². The van der Waals surface area contributed by atoms with Gasteiger partial charge in [-0.25, -0.2) is 5.84 Å². The van der Waals surface area contributed by atoms with Gasteiger partial charge in [0.2, 0.25) is 0 Å². The van der Waals surface area contributed by atoms with Crippen molar-refractivity contribution in [2.45, 2.75) is 19.5 Å². The summed E-state index contributed by atoms with van der Waals surface area (Å²) in [4.78, 5) is 13.5. The molecule has 7 heteroatoms. The molecule has 1 aliphatic rings. The quantitative estimate of drug-likeness (QED) is 0.457. The third-order valence-electron chi connectivity index (χ3n) is 2.79. The minimum atomic E-state index is -0.428. The molecular formula is C10H16N4O2S. The highest BCUT2D eigenvalue weighted by Crippen LogP contribution is 2.18. The lowest BCUT2D eigenvalue weighted by Crippen LogP contribution is -2.39. The molecule has 6 nitrogen and oxygen atoms in total. The molecule has 3 N–H and O–H groups in total. The Labute approximate surface area is 104 Å². The van der Waals surface area contributed by atoms with Crippen LogP contribution in [0.3, 0.4) is 0 Å². The standard InChI is InChI=1S/C10H16N4O2S/c1-7-6-17-3-2-14(7)5-8-4-9(13-16-8)10(15)12-11/h4,7H,2-3,5-6,11H2,1H3,(H,12,15). The maximum Gasteiger partial charge on any atom is 0.287 e. The normalized spacial score (nSPS) is 21.4. The van der Waals surface area contributed by atoms with E-state index in [1.165, 1.54) is 0 Å². The largest absolute Gasteiger partial charge is 0.359 e. The van der Waals surface area contributed by atoms with Crippen LogP contribution in [0.2, 0.25) is 0 Å². The summed E-state index contributed by atoms with van der Waals surface area (Å²) in [5, 5.41) is 3.68. The first-order chi connectivity index (χ1) is 8.20. The summed E-state index contributed by atoms with van der Waals surface area (Å²) >= 11 is 1.96. The van der Waals surface area contributed by atoms with E-state index in [0.29, 0.717) is 18.3 Å². The molecule has 0 saturated carbocycles. The van der Waals surface area contributed by atoms with Crippen molar-refractivity contribution in [2.24, 2.45) is 5.84 Å². The maximum atomic E-state index is 11.2. The van der Waals surface area contributed by atoms with Gasteiger partial charge < -0.3 is 4.52 Å². The van der Waals surface area contributed by atoms with Crippen LogP contribution in [0, 0.1) is 0 Å². The number of thioether (sulfide) groups is 1. The van der Waals surface area contributed by atoms with Crippen LogP contribution < -0.4 is 11.3 Å². The van der Waals surface area contributed by atoms with Gasteiger partial charge in [-0.3, -0.25) is 15.1 Å². The Morgan fingerprint density at radius 3 is 3.35 bits per heavy atom. The smallest absolute Gasteiger partial charge is 0.287 e. The summed E-state index contributed by atoms with van der Waals surface area (Å²) in [6.07, 6.45) is 0. The average Bonchev–Trinajstić information content (AvgIpc) is 2.80. The van der Waals surface area contributed by atoms with Crippen LogP contribution in [-0.2, 0) is 6.54 Å². The number of nitrogens with one attached hydrogen (secondary N) is 1. The highest BCUT2D eigenvalue weighted by Gasteiger charge is 2.21. The molecular weight excluding hydrogens is 240 g/mol. The number of nitrogens with two attached hydrogens (primary N) is 1. The molecule has 1 unspecified atom stereocenters. The highest BCUT2D eigenvalue weighted by atomic mass is 32.2. The van der Waals surface area contributed by atoms with Crippen LogP contribution in [0.25, 0.3) is 0 Å². The minimum absolute atomic E-state index is 0.224. The number of nitrogens with zero attached hydrogens (tertiary/aromatic N) is 2. The minimum Gasteiger partial charge on any atom is -0.359 e. The third kappa shape index (κ3) is 2.99. The first-order valence-corrected chi connectivity index (χ1v) is 6.64. The van der Waals surface area contributed by atoms with Gasteiger partial charge >= 0.3 is 0 Å². The van der Waals surface area contributed by atoms with E-state index >= 15 is 0 Å². The van der Waals surface area contributed by atoms with Gasteiger partial charge in [0.25, 0.3) is 5.91 Å². The molecule has 94 valence electrons. The number of nitrogen functional groups attached to an aromatic ring is 1. The number of amides is 1. The van der Waals surface area contributed by atoms with E-state index in [-0.39, 0.29) is 5.69 Å². The van der Waals surface area contributed by atoms with Crippen molar-refractivity contribution < 1.29 is 9.32 Å². The van der Waals surface area contributed by atoms with Crippen LogP contribution in [0.5, 0.6) is 0 Å². The first-order valence-electron chi connectivity index (χ1n) is 5.49. The molecule has 1 aromatic rings. The zero-order valence-corrected chi connectivity index (χ0v) is 10.5. The van der Waals surface area contributed by atoms with Gasteiger partial charge in [-0.2, -0.15) is 11.8 Å². The molecule has 0 bridgehead atoms. The van der Waals surface area contributed by atoms with E-state index < -0.39 is 5.91 Å². The number of aromatic nitrogens is 1. The number of carbonyl (C=O) groups is 1. The van der Waals surface area contributed by atoms with Gasteiger partial charge in [-0.15, -0.1) is 0 Å². The van der Waals surface area contributed by atoms with Crippen LogP contribution >= 0.6 is 11.8 Å². The van der Waals surface area contributed by atoms with Crippen LogP contribution in [0.15, 0.2) is 10.6 Å². The lowest BCUT2D eigenvalue weighted by atomic mass is 10.2. The van der Waals surface area contributed by atoms with E-state index in [0.717, 1.165) is 18.1 Å². The Morgan fingerprint density at radius 1 is 1.82 bits per heavy atom. The molecule has 1 amide bonds. The lowest BCUT2D eigenvalue weighted by molar-refractivity contribution is 0.0944. The Balaban J connectivity index is 1.98. The molecule has 1 aliphatic heterocycles. The summed E-state index contributed by atoms with van der Waals surface area (Å²) in [6, 6.07) is 2.15. The number of hydrogen-bond donors (Lipinski definition) is 2. The number of hydrogen-bond acceptors (Lipinski definition) is 6. The second kappa shape index (κ2) is 5.52. The maximum absolute atomic E-state index is 11.2. The van der Waals surface area contributed by atoms with E-state index in [1.54, 1.807) is 6.07 Å². The van der Waals surface area contributed by atoms with E-state index in [1.807, 2.05) is 17.2 Å². The third-order valence-corrected chi connectivity index (χ3v) is 3.98. The average molecular weight is 256 g/mol. The van der Waals surface area contributed by atoms with Gasteiger partial charge in [0.1, 0.15) is 0 Å². The summed E-state index contributed by atoms with van der Waals surface area (Å²) in [5.74, 6) is 7.56. The SMILES string of the molecule is CC1CSCCN1Cc1cc(C(=O)NN)no1. The molecule has 17 heavy (non-hydrogen) atoms. The van der Waals surface area contributed by atoms with E-state index in [9.17, 15) is 4.79 Å². The summed E-state index contributed by atoms with van der Waals surface area (Å²) in [6.45, 7) is 3.91. The van der Waals surface area contributed by atoms with Gasteiger partial charge in [0, 0.05) is 30.2 Å². The molecule has 0 aliphatic carbocycles. The Hall–Kier alpha value is -1.05. The monoisotopic (exact) mass is 256 g/mol. The zero-order valence-electron chi connectivity index (χ0n) is 9.68. The number of carbonyl (C=O) groups excluding carboxylic acids is 1. The fourth-order valence-corrected chi connectivity index (χ4v) is 2.85. The summed E-state index contributed by atoms with van der Waals surface area (Å²) in [7, 11) is 0.